The summed E-state index contributed by atoms with van der Waals surface area (Å²) in [5, 5.41) is 5.58. The fraction of sp³-hybridized carbons (Fsp3) is 0.0556. The summed E-state index contributed by atoms with van der Waals surface area (Å²) in [5.74, 6) is 0.0218. The van der Waals surface area contributed by atoms with E-state index in [2.05, 4.69) is 15.1 Å². The third-order valence-electron chi connectivity index (χ3n) is 3.86. The average molecular weight is 351 g/mol. The fourth-order valence-electron chi connectivity index (χ4n) is 2.70. The minimum Gasteiger partial charge on any atom is -0.383 e. The molecule has 0 aliphatic carbocycles. The average Bonchev–Trinajstić information content (AvgIpc) is 2.99. The van der Waals surface area contributed by atoms with Crippen molar-refractivity contribution in [3.8, 4) is 16.9 Å². The lowest BCUT2D eigenvalue weighted by Crippen LogP contribution is -2.01. The second kappa shape index (κ2) is 6.18. The molecule has 124 valence electrons. The molecule has 0 spiro atoms. The van der Waals surface area contributed by atoms with Gasteiger partial charge in [-0.1, -0.05) is 42.1 Å². The summed E-state index contributed by atoms with van der Waals surface area (Å²) in [6, 6.07) is 16.0. The van der Waals surface area contributed by atoms with Crippen LogP contribution < -0.4 is 5.73 Å². The van der Waals surface area contributed by atoms with Crippen molar-refractivity contribution in [2.24, 2.45) is 0 Å². The lowest BCUT2D eigenvalue weighted by atomic mass is 10.1. The molecule has 25 heavy (non-hydrogen) atoms. The zero-order valence-corrected chi connectivity index (χ0v) is 14.2. The second-order valence-electron chi connectivity index (χ2n) is 5.37. The monoisotopic (exact) mass is 351 g/mol. The molecule has 0 bridgehead atoms. The van der Waals surface area contributed by atoms with Gasteiger partial charge in [-0.05, 0) is 30.5 Å². The van der Waals surface area contributed by atoms with Gasteiger partial charge >= 0.3 is 0 Å². The third-order valence-corrected chi connectivity index (χ3v) is 4.41. The molecule has 0 amide bonds. The normalized spacial score (nSPS) is 11.1. The number of anilines is 1. The van der Waals surface area contributed by atoms with Gasteiger partial charge in [0, 0.05) is 5.56 Å². The van der Waals surface area contributed by atoms with Crippen LogP contribution in [-0.4, -0.2) is 26.0 Å². The Morgan fingerprint density at radius 3 is 2.44 bits per heavy atom. The third kappa shape index (κ3) is 2.62. The number of nitrogens with zero attached hydrogens (tertiary/aromatic N) is 4. The number of para-hydroxylation sites is 1. The predicted molar refractivity (Wildman–Crippen MR) is 98.2 cm³/mol. The lowest BCUT2D eigenvalue weighted by Gasteiger charge is -2.06. The van der Waals surface area contributed by atoms with Crippen LogP contribution in [0.15, 0.2) is 59.8 Å². The van der Waals surface area contributed by atoms with Gasteiger partial charge in [-0.15, -0.1) is 5.10 Å². The molecule has 0 saturated heterocycles. The van der Waals surface area contributed by atoms with Crippen molar-refractivity contribution in [2.45, 2.75) is 5.16 Å². The van der Waals surface area contributed by atoms with E-state index in [1.54, 1.807) is 22.9 Å². The summed E-state index contributed by atoms with van der Waals surface area (Å²) in [6.45, 7) is 0. The van der Waals surface area contributed by atoms with Crippen molar-refractivity contribution in [1.82, 2.24) is 19.7 Å². The number of halogens is 1. The smallest absolute Gasteiger partial charge is 0.190 e. The molecule has 2 heterocycles. The van der Waals surface area contributed by atoms with E-state index in [4.69, 9.17) is 5.73 Å². The van der Waals surface area contributed by atoms with E-state index >= 15 is 0 Å². The highest BCUT2D eigenvalue weighted by Gasteiger charge is 2.20. The van der Waals surface area contributed by atoms with Gasteiger partial charge in [-0.3, -0.25) is 0 Å². The van der Waals surface area contributed by atoms with Crippen LogP contribution in [-0.2, 0) is 0 Å². The maximum Gasteiger partial charge on any atom is 0.190 e. The van der Waals surface area contributed by atoms with Crippen molar-refractivity contribution >= 4 is 28.6 Å². The first-order valence-electron chi connectivity index (χ1n) is 7.59. The number of hydrogen-bond acceptors (Lipinski definition) is 5. The van der Waals surface area contributed by atoms with Crippen molar-refractivity contribution < 1.29 is 4.39 Å². The number of aromatic nitrogens is 4. The van der Waals surface area contributed by atoms with E-state index in [9.17, 15) is 4.39 Å². The minimum atomic E-state index is -0.360. The van der Waals surface area contributed by atoms with Crippen LogP contribution in [0.5, 0.6) is 0 Å². The number of hydrogen-bond donors (Lipinski definition) is 1. The number of rotatable bonds is 3. The molecule has 2 aromatic heterocycles. The quantitative estimate of drug-likeness (QED) is 0.447. The molecule has 0 unspecified atom stereocenters. The molecule has 0 aliphatic rings. The van der Waals surface area contributed by atoms with E-state index < -0.39 is 0 Å². The first kappa shape index (κ1) is 15.6. The highest BCUT2D eigenvalue weighted by atomic mass is 32.2. The summed E-state index contributed by atoms with van der Waals surface area (Å²) in [6.07, 6.45) is 1.86. The molecular weight excluding hydrogens is 337 g/mol. The van der Waals surface area contributed by atoms with Gasteiger partial charge in [-0.2, -0.15) is 0 Å². The Balaban J connectivity index is 2.06. The Hall–Kier alpha value is -2.93. The van der Waals surface area contributed by atoms with Gasteiger partial charge in [0.1, 0.15) is 11.6 Å². The second-order valence-corrected chi connectivity index (χ2v) is 6.14. The van der Waals surface area contributed by atoms with Crippen LogP contribution in [0.3, 0.4) is 0 Å². The molecule has 2 N–H and O–H groups in total. The molecule has 4 aromatic rings. The molecule has 4 rings (SSSR count). The molecular formula is C18H14FN5S. The van der Waals surface area contributed by atoms with Gasteiger partial charge in [0.15, 0.2) is 10.8 Å². The number of nitrogens with two attached hydrogens (primary N) is 1. The molecule has 7 heteroatoms. The predicted octanol–water partition coefficient (Wildman–Crippen LogP) is 3.93. The summed E-state index contributed by atoms with van der Waals surface area (Å²) in [4.78, 5) is 8.93. The number of thioether (sulfide) groups is 1. The molecule has 0 aliphatic heterocycles. The van der Waals surface area contributed by atoms with Crippen molar-refractivity contribution in [3.05, 3.63) is 60.4 Å². The lowest BCUT2D eigenvalue weighted by molar-refractivity contribution is 0.630. The highest BCUT2D eigenvalue weighted by molar-refractivity contribution is 7.98. The number of fused-ring (bicyclic) bond motifs is 1. The zero-order valence-electron chi connectivity index (χ0n) is 13.3. The summed E-state index contributed by atoms with van der Waals surface area (Å²) in [7, 11) is 0. The SMILES string of the molecule is CSc1nc(-c2ccccc2F)c2c(N)n(-c3ccccc3)nc2n1. The molecule has 0 radical (unpaired) electrons. The van der Waals surface area contributed by atoms with Crippen LogP contribution in [0, 0.1) is 5.82 Å². The van der Waals surface area contributed by atoms with Gasteiger partial charge in [0.2, 0.25) is 0 Å². The van der Waals surface area contributed by atoms with E-state index in [-0.39, 0.29) is 5.82 Å². The Kier molecular flexibility index (Phi) is 3.85. The fourth-order valence-corrected chi connectivity index (χ4v) is 3.06. The molecule has 0 atom stereocenters. The summed E-state index contributed by atoms with van der Waals surface area (Å²) >= 11 is 1.37. The highest BCUT2D eigenvalue weighted by Crippen LogP contribution is 2.34. The first-order valence-corrected chi connectivity index (χ1v) is 8.82. The number of nitrogen functional groups attached to an aromatic ring is 1. The maximum atomic E-state index is 14.4. The van der Waals surface area contributed by atoms with Crippen LogP contribution in [0.1, 0.15) is 0 Å². The van der Waals surface area contributed by atoms with Gasteiger partial charge in [0.05, 0.1) is 16.8 Å². The molecule has 0 saturated carbocycles. The van der Waals surface area contributed by atoms with E-state index in [0.717, 1.165) is 5.69 Å². The Bertz CT molecular complexity index is 1060. The van der Waals surface area contributed by atoms with Crippen LogP contribution >= 0.6 is 11.8 Å². The van der Waals surface area contributed by atoms with Crippen molar-refractivity contribution in [2.75, 3.05) is 12.0 Å². The van der Waals surface area contributed by atoms with Crippen LogP contribution in [0.4, 0.5) is 10.2 Å². The largest absolute Gasteiger partial charge is 0.383 e. The number of benzene rings is 2. The van der Waals surface area contributed by atoms with Crippen LogP contribution in [0.25, 0.3) is 28.0 Å². The van der Waals surface area contributed by atoms with Crippen molar-refractivity contribution in [3.63, 3.8) is 0 Å². The zero-order chi connectivity index (χ0) is 17.4. The summed E-state index contributed by atoms with van der Waals surface area (Å²) in [5.41, 5.74) is 8.42. The van der Waals surface area contributed by atoms with Crippen LogP contribution in [0.2, 0.25) is 0 Å². The van der Waals surface area contributed by atoms with Gasteiger partial charge < -0.3 is 5.73 Å². The van der Waals surface area contributed by atoms with E-state index in [1.165, 1.54) is 17.8 Å². The maximum absolute atomic E-state index is 14.4. The Morgan fingerprint density at radius 1 is 1.00 bits per heavy atom. The van der Waals surface area contributed by atoms with Gasteiger partial charge in [0.25, 0.3) is 0 Å². The van der Waals surface area contributed by atoms with E-state index in [1.807, 2.05) is 36.6 Å². The van der Waals surface area contributed by atoms with Gasteiger partial charge in [-0.25, -0.2) is 19.0 Å². The Labute approximate surface area is 147 Å². The topological polar surface area (TPSA) is 69.6 Å². The standard InChI is InChI=1S/C18H14FN5S/c1-25-18-21-15(12-9-5-6-10-13(12)19)14-16(20)24(23-17(14)22-18)11-7-3-2-4-8-11/h2-10H,20H2,1H3. The first-order chi connectivity index (χ1) is 12.2. The van der Waals surface area contributed by atoms with Crippen molar-refractivity contribution in [1.29, 1.82) is 0 Å². The van der Waals surface area contributed by atoms with E-state index in [0.29, 0.717) is 33.3 Å². The summed E-state index contributed by atoms with van der Waals surface area (Å²) < 4.78 is 16.0. The molecule has 2 aromatic carbocycles. The minimum absolute atomic E-state index is 0.360. The Morgan fingerprint density at radius 2 is 1.72 bits per heavy atom. The molecule has 5 nitrogen and oxygen atoms in total. The molecule has 0 fully saturated rings.